The Balaban J connectivity index is 2.42. The Labute approximate surface area is 117 Å². The number of hydrogen-bond donors (Lipinski definition) is 1. The summed E-state index contributed by atoms with van der Waals surface area (Å²) in [7, 11) is 0. The molecule has 3 nitrogen and oxygen atoms in total. The highest BCUT2D eigenvalue weighted by atomic mass is 16.3. The fourth-order valence-electron chi connectivity index (χ4n) is 2.60. The lowest BCUT2D eigenvalue weighted by atomic mass is 9.95. The van der Waals surface area contributed by atoms with Gasteiger partial charge in [0.15, 0.2) is 0 Å². The highest BCUT2D eigenvalue weighted by Gasteiger charge is 2.18. The zero-order valence-electron chi connectivity index (χ0n) is 11.5. The number of hydrogen-bond acceptors (Lipinski definition) is 3. The lowest BCUT2D eigenvalue weighted by Crippen LogP contribution is -1.92. The fraction of sp³-hybridized carbons (Fsp3) is 0.235. The first-order valence-corrected chi connectivity index (χ1v) is 6.74. The van der Waals surface area contributed by atoms with E-state index in [1.54, 1.807) is 12.1 Å². The van der Waals surface area contributed by atoms with Crippen molar-refractivity contribution < 1.29 is 9.52 Å². The van der Waals surface area contributed by atoms with Crippen molar-refractivity contribution in [1.82, 2.24) is 0 Å². The van der Waals surface area contributed by atoms with Crippen LogP contribution in [0.3, 0.4) is 0 Å². The number of phenols is 1. The van der Waals surface area contributed by atoms with Crippen molar-refractivity contribution in [2.45, 2.75) is 26.2 Å². The predicted molar refractivity (Wildman–Crippen MR) is 78.8 cm³/mol. The molecule has 0 aliphatic rings. The summed E-state index contributed by atoms with van der Waals surface area (Å²) in [5.74, 6) is 0.487. The number of rotatable bonds is 2. The minimum Gasteiger partial charge on any atom is -0.508 e. The number of aromatic hydroxyl groups is 1. The molecule has 1 heterocycles. The van der Waals surface area contributed by atoms with Gasteiger partial charge in [-0.25, -0.2) is 0 Å². The molecule has 3 heteroatoms. The summed E-state index contributed by atoms with van der Waals surface area (Å²) in [4.78, 5) is 0. The van der Waals surface area contributed by atoms with Crippen LogP contribution in [0.4, 0.5) is 0 Å². The van der Waals surface area contributed by atoms with E-state index in [9.17, 15) is 5.11 Å². The molecule has 0 amide bonds. The lowest BCUT2D eigenvalue weighted by molar-refractivity contribution is 0.461. The molecule has 20 heavy (non-hydrogen) atoms. The molecular formula is C17H15NO2. The summed E-state index contributed by atoms with van der Waals surface area (Å²) >= 11 is 0. The molecule has 100 valence electrons. The molecule has 1 unspecified atom stereocenters. The molecule has 1 atom stereocenters. The second-order valence-corrected chi connectivity index (χ2v) is 5.11. The molecule has 0 saturated carbocycles. The zero-order chi connectivity index (χ0) is 14.3. The van der Waals surface area contributed by atoms with E-state index in [0.717, 1.165) is 33.9 Å². The minimum absolute atomic E-state index is 0.217. The normalized spacial score (nSPS) is 12.7. The Morgan fingerprint density at radius 1 is 1.25 bits per heavy atom. The van der Waals surface area contributed by atoms with Crippen LogP contribution in [0.1, 0.15) is 37.3 Å². The van der Waals surface area contributed by atoms with Gasteiger partial charge in [0.25, 0.3) is 0 Å². The monoisotopic (exact) mass is 265 g/mol. The number of fused-ring (bicyclic) bond motifs is 3. The molecule has 1 aromatic heterocycles. The van der Waals surface area contributed by atoms with Crippen LogP contribution in [-0.2, 0) is 0 Å². The predicted octanol–water partition coefficient (Wildman–Crippen LogP) is 4.68. The van der Waals surface area contributed by atoms with Crippen LogP contribution in [0, 0.1) is 11.3 Å². The van der Waals surface area contributed by atoms with Gasteiger partial charge in [-0.1, -0.05) is 13.8 Å². The van der Waals surface area contributed by atoms with Gasteiger partial charge in [-0.05, 0) is 42.7 Å². The third-order valence-corrected chi connectivity index (χ3v) is 3.89. The first-order chi connectivity index (χ1) is 9.65. The number of furan rings is 1. The molecule has 0 aliphatic carbocycles. The highest BCUT2D eigenvalue weighted by molar-refractivity contribution is 6.07. The molecule has 0 spiro atoms. The van der Waals surface area contributed by atoms with E-state index in [1.165, 1.54) is 0 Å². The largest absolute Gasteiger partial charge is 0.508 e. The molecule has 1 N–H and O–H groups in total. The van der Waals surface area contributed by atoms with Gasteiger partial charge in [0.1, 0.15) is 16.9 Å². The molecule has 0 saturated heterocycles. The van der Waals surface area contributed by atoms with Crippen molar-refractivity contribution in [2.75, 3.05) is 0 Å². The molecule has 0 bridgehead atoms. The highest BCUT2D eigenvalue weighted by Crippen LogP contribution is 2.39. The number of benzene rings is 2. The van der Waals surface area contributed by atoms with E-state index in [4.69, 9.17) is 9.68 Å². The molecular weight excluding hydrogens is 250 g/mol. The number of phenolic OH excluding ortho intramolecular Hbond substituents is 1. The van der Waals surface area contributed by atoms with Crippen LogP contribution < -0.4 is 0 Å². The van der Waals surface area contributed by atoms with Gasteiger partial charge < -0.3 is 9.52 Å². The van der Waals surface area contributed by atoms with Crippen LogP contribution in [-0.4, -0.2) is 5.11 Å². The Bertz CT molecular complexity index is 839. The maximum atomic E-state index is 10.1. The first kappa shape index (κ1) is 12.6. The SMILES string of the molecule is CCC(C)c1c(O)ccc2c1oc1ccc(C#N)cc12. The first-order valence-electron chi connectivity index (χ1n) is 6.74. The summed E-state index contributed by atoms with van der Waals surface area (Å²) in [6.07, 6.45) is 0.924. The molecule has 3 aromatic rings. The van der Waals surface area contributed by atoms with Gasteiger partial charge in [-0.15, -0.1) is 0 Å². The van der Waals surface area contributed by atoms with E-state index in [2.05, 4.69) is 19.9 Å². The average molecular weight is 265 g/mol. The third kappa shape index (κ3) is 1.73. The van der Waals surface area contributed by atoms with Crippen LogP contribution >= 0.6 is 0 Å². The molecule has 0 aliphatic heterocycles. The molecule has 2 aromatic carbocycles. The summed E-state index contributed by atoms with van der Waals surface area (Å²) in [6.45, 7) is 4.15. The number of nitrogens with zero attached hydrogens (tertiary/aromatic N) is 1. The zero-order valence-corrected chi connectivity index (χ0v) is 11.5. The smallest absolute Gasteiger partial charge is 0.142 e. The minimum atomic E-state index is 0.217. The molecule has 3 rings (SSSR count). The summed E-state index contributed by atoms with van der Waals surface area (Å²) in [6, 6.07) is 11.1. The Kier molecular flexibility index (Phi) is 2.87. The van der Waals surface area contributed by atoms with Crippen molar-refractivity contribution in [3.63, 3.8) is 0 Å². The second kappa shape index (κ2) is 4.57. The van der Waals surface area contributed by atoms with E-state index in [1.807, 2.05) is 18.2 Å². The van der Waals surface area contributed by atoms with Gasteiger partial charge in [-0.3, -0.25) is 0 Å². The van der Waals surface area contributed by atoms with Crippen LogP contribution in [0.15, 0.2) is 34.7 Å². The summed E-state index contributed by atoms with van der Waals surface area (Å²) in [5.41, 5.74) is 2.93. The maximum Gasteiger partial charge on any atom is 0.142 e. The standard InChI is InChI=1S/C17H15NO2/c1-3-10(2)16-14(19)6-5-12-13-8-11(9-18)4-7-15(13)20-17(12)16/h4-8,10,19H,3H2,1-2H3. The van der Waals surface area contributed by atoms with E-state index in [-0.39, 0.29) is 11.7 Å². The van der Waals surface area contributed by atoms with Crippen molar-refractivity contribution in [1.29, 1.82) is 5.26 Å². The van der Waals surface area contributed by atoms with Gasteiger partial charge in [0.2, 0.25) is 0 Å². The van der Waals surface area contributed by atoms with E-state index in [0.29, 0.717) is 5.56 Å². The van der Waals surface area contributed by atoms with Gasteiger partial charge in [-0.2, -0.15) is 5.26 Å². The van der Waals surface area contributed by atoms with Crippen molar-refractivity contribution in [3.05, 3.63) is 41.5 Å². The number of nitriles is 1. The van der Waals surface area contributed by atoms with Crippen molar-refractivity contribution >= 4 is 21.9 Å². The van der Waals surface area contributed by atoms with E-state index < -0.39 is 0 Å². The van der Waals surface area contributed by atoms with Crippen LogP contribution in [0.5, 0.6) is 5.75 Å². The Hall–Kier alpha value is -2.47. The average Bonchev–Trinajstić information content (AvgIpc) is 2.83. The van der Waals surface area contributed by atoms with Crippen molar-refractivity contribution in [2.24, 2.45) is 0 Å². The Morgan fingerprint density at radius 2 is 2.05 bits per heavy atom. The van der Waals surface area contributed by atoms with Gasteiger partial charge in [0.05, 0.1) is 11.6 Å². The quantitative estimate of drug-likeness (QED) is 0.732. The molecule has 0 radical (unpaired) electrons. The maximum absolute atomic E-state index is 10.1. The lowest BCUT2D eigenvalue weighted by Gasteiger charge is -2.11. The van der Waals surface area contributed by atoms with Crippen molar-refractivity contribution in [3.8, 4) is 11.8 Å². The molecule has 0 fully saturated rings. The third-order valence-electron chi connectivity index (χ3n) is 3.89. The van der Waals surface area contributed by atoms with Crippen LogP contribution in [0.2, 0.25) is 0 Å². The van der Waals surface area contributed by atoms with Gasteiger partial charge >= 0.3 is 0 Å². The fourth-order valence-corrected chi connectivity index (χ4v) is 2.60. The topological polar surface area (TPSA) is 57.2 Å². The Morgan fingerprint density at radius 3 is 2.75 bits per heavy atom. The van der Waals surface area contributed by atoms with E-state index >= 15 is 0 Å². The summed E-state index contributed by atoms with van der Waals surface area (Å²) < 4.78 is 5.92. The second-order valence-electron chi connectivity index (χ2n) is 5.11. The van der Waals surface area contributed by atoms with Crippen LogP contribution in [0.25, 0.3) is 21.9 Å². The van der Waals surface area contributed by atoms with Gasteiger partial charge in [0, 0.05) is 16.3 Å². The summed E-state index contributed by atoms with van der Waals surface area (Å²) in [5, 5.41) is 21.0.